The fourth-order valence-electron chi connectivity index (χ4n) is 1.89. The van der Waals surface area contributed by atoms with Crippen LogP contribution in [0.3, 0.4) is 0 Å². The summed E-state index contributed by atoms with van der Waals surface area (Å²) in [5.74, 6) is 1.19. The Morgan fingerprint density at radius 1 is 1.38 bits per heavy atom. The Bertz CT molecular complexity index is 646. The monoisotopic (exact) mass is 321 g/mol. The number of carbonyl (C=O) groups is 1. The molecule has 0 N–H and O–H groups in total. The van der Waals surface area contributed by atoms with Crippen molar-refractivity contribution in [1.82, 2.24) is 4.98 Å². The SMILES string of the molecule is COc1cc(Cl)cc(CC(=O)CSc2ncccc2C)c1. The second-order valence-electron chi connectivity index (χ2n) is 4.63. The van der Waals surface area contributed by atoms with Gasteiger partial charge < -0.3 is 4.74 Å². The van der Waals surface area contributed by atoms with Crippen LogP contribution < -0.4 is 4.74 Å². The summed E-state index contributed by atoms with van der Waals surface area (Å²) in [6, 6.07) is 9.22. The maximum atomic E-state index is 12.1. The average Bonchev–Trinajstić information content (AvgIpc) is 2.45. The number of ether oxygens (including phenoxy) is 1. The number of rotatable bonds is 6. The van der Waals surface area contributed by atoms with Crippen LogP contribution in [-0.2, 0) is 11.2 Å². The molecule has 1 heterocycles. The third-order valence-corrected chi connectivity index (χ3v) is 4.28. The molecule has 0 bridgehead atoms. The lowest BCUT2D eigenvalue weighted by Crippen LogP contribution is -2.06. The van der Waals surface area contributed by atoms with E-state index in [0.29, 0.717) is 22.9 Å². The molecular weight excluding hydrogens is 306 g/mol. The number of pyridine rings is 1. The Kier molecular flexibility index (Phi) is 5.65. The van der Waals surface area contributed by atoms with Crippen LogP contribution in [0.2, 0.25) is 5.02 Å². The number of Topliss-reactive ketones (excluding diaryl/α,β-unsaturated/α-hetero) is 1. The molecule has 2 rings (SSSR count). The highest BCUT2D eigenvalue weighted by Gasteiger charge is 2.09. The van der Waals surface area contributed by atoms with Crippen molar-refractivity contribution in [2.75, 3.05) is 12.9 Å². The molecule has 0 saturated heterocycles. The van der Waals surface area contributed by atoms with E-state index in [1.165, 1.54) is 11.8 Å². The van der Waals surface area contributed by atoms with Gasteiger partial charge in [-0.3, -0.25) is 4.79 Å². The molecule has 0 aliphatic heterocycles. The molecule has 110 valence electrons. The van der Waals surface area contributed by atoms with Crippen LogP contribution in [0.4, 0.5) is 0 Å². The predicted molar refractivity (Wildman–Crippen MR) is 86.4 cm³/mol. The Morgan fingerprint density at radius 2 is 2.19 bits per heavy atom. The lowest BCUT2D eigenvalue weighted by molar-refractivity contribution is -0.116. The van der Waals surface area contributed by atoms with E-state index in [1.54, 1.807) is 25.4 Å². The number of methoxy groups -OCH3 is 1. The number of nitrogens with zero attached hydrogens (tertiary/aromatic N) is 1. The number of carbonyl (C=O) groups excluding carboxylic acids is 1. The lowest BCUT2D eigenvalue weighted by atomic mass is 10.1. The van der Waals surface area contributed by atoms with E-state index in [0.717, 1.165) is 16.2 Å². The number of ketones is 1. The predicted octanol–water partition coefficient (Wildman–Crippen LogP) is 3.96. The highest BCUT2D eigenvalue weighted by atomic mass is 35.5. The molecule has 0 aliphatic rings. The number of hydrogen-bond donors (Lipinski definition) is 0. The maximum absolute atomic E-state index is 12.1. The first-order chi connectivity index (χ1) is 10.1. The third-order valence-electron chi connectivity index (χ3n) is 2.90. The minimum Gasteiger partial charge on any atom is -0.497 e. The van der Waals surface area contributed by atoms with E-state index in [1.807, 2.05) is 25.1 Å². The van der Waals surface area contributed by atoms with Crippen LogP contribution in [0.15, 0.2) is 41.6 Å². The molecule has 0 spiro atoms. The fourth-order valence-corrected chi connectivity index (χ4v) is 2.97. The third kappa shape index (κ3) is 4.76. The van der Waals surface area contributed by atoms with Crippen molar-refractivity contribution >= 4 is 29.1 Å². The zero-order valence-electron chi connectivity index (χ0n) is 11.9. The van der Waals surface area contributed by atoms with Crippen LogP contribution in [0.1, 0.15) is 11.1 Å². The standard InChI is InChI=1S/C16H16ClNO2S/c1-11-4-3-5-18-16(11)21-10-14(19)7-12-6-13(17)9-15(8-12)20-2/h3-6,8-9H,7,10H2,1-2H3. The lowest BCUT2D eigenvalue weighted by Gasteiger charge is -2.06. The number of aryl methyl sites for hydroxylation is 1. The molecule has 0 radical (unpaired) electrons. The summed E-state index contributed by atoms with van der Waals surface area (Å²) in [5.41, 5.74) is 1.95. The van der Waals surface area contributed by atoms with Crippen molar-refractivity contribution in [3.8, 4) is 5.75 Å². The van der Waals surface area contributed by atoms with Gasteiger partial charge in [-0.05, 0) is 42.3 Å². The molecule has 0 amide bonds. The average molecular weight is 322 g/mol. The highest BCUT2D eigenvalue weighted by Crippen LogP contribution is 2.23. The Hall–Kier alpha value is -1.52. The van der Waals surface area contributed by atoms with E-state index in [4.69, 9.17) is 16.3 Å². The molecule has 21 heavy (non-hydrogen) atoms. The van der Waals surface area contributed by atoms with Gasteiger partial charge in [0.2, 0.25) is 0 Å². The summed E-state index contributed by atoms with van der Waals surface area (Å²) in [5, 5.41) is 1.47. The molecule has 0 atom stereocenters. The summed E-state index contributed by atoms with van der Waals surface area (Å²) in [6.07, 6.45) is 2.08. The van der Waals surface area contributed by atoms with Gasteiger partial charge >= 0.3 is 0 Å². The minimum atomic E-state index is 0.134. The topological polar surface area (TPSA) is 39.2 Å². The Morgan fingerprint density at radius 3 is 2.90 bits per heavy atom. The fraction of sp³-hybridized carbons (Fsp3) is 0.250. The second kappa shape index (κ2) is 7.48. The summed E-state index contributed by atoms with van der Waals surface area (Å²) < 4.78 is 5.15. The molecule has 0 fully saturated rings. The molecule has 0 aliphatic carbocycles. The molecular formula is C16H16ClNO2S. The van der Waals surface area contributed by atoms with Gasteiger partial charge in [-0.2, -0.15) is 0 Å². The van der Waals surface area contributed by atoms with Crippen molar-refractivity contribution < 1.29 is 9.53 Å². The molecule has 1 aromatic heterocycles. The molecule has 5 heteroatoms. The van der Waals surface area contributed by atoms with Gasteiger partial charge in [-0.25, -0.2) is 4.98 Å². The normalized spacial score (nSPS) is 10.4. The minimum absolute atomic E-state index is 0.134. The second-order valence-corrected chi connectivity index (χ2v) is 6.03. The van der Waals surface area contributed by atoms with Crippen molar-refractivity contribution in [3.63, 3.8) is 0 Å². The first-order valence-electron chi connectivity index (χ1n) is 6.48. The van der Waals surface area contributed by atoms with Gasteiger partial charge in [0, 0.05) is 17.6 Å². The molecule has 0 saturated carbocycles. The van der Waals surface area contributed by atoms with E-state index >= 15 is 0 Å². The molecule has 2 aromatic rings. The van der Waals surface area contributed by atoms with Gasteiger partial charge in [-0.1, -0.05) is 29.4 Å². The van der Waals surface area contributed by atoms with Gasteiger partial charge in [0.1, 0.15) is 11.5 Å². The van der Waals surface area contributed by atoms with Crippen LogP contribution in [0.5, 0.6) is 5.75 Å². The number of hydrogen-bond acceptors (Lipinski definition) is 4. The summed E-state index contributed by atoms with van der Waals surface area (Å²) in [7, 11) is 1.58. The molecule has 1 aromatic carbocycles. The number of thioether (sulfide) groups is 1. The van der Waals surface area contributed by atoms with Crippen LogP contribution in [0.25, 0.3) is 0 Å². The van der Waals surface area contributed by atoms with Gasteiger partial charge in [0.05, 0.1) is 17.9 Å². The van der Waals surface area contributed by atoms with Crippen LogP contribution in [0, 0.1) is 6.92 Å². The Labute approximate surface area is 133 Å². The van der Waals surface area contributed by atoms with Crippen LogP contribution >= 0.6 is 23.4 Å². The smallest absolute Gasteiger partial charge is 0.147 e. The Balaban J connectivity index is 1.96. The van der Waals surface area contributed by atoms with Gasteiger partial charge in [-0.15, -0.1) is 0 Å². The number of halogens is 1. The molecule has 3 nitrogen and oxygen atoms in total. The summed E-state index contributed by atoms with van der Waals surface area (Å²) in [6.45, 7) is 1.99. The van der Waals surface area contributed by atoms with E-state index in [2.05, 4.69) is 4.98 Å². The number of aromatic nitrogens is 1. The van der Waals surface area contributed by atoms with Crippen molar-refractivity contribution in [2.45, 2.75) is 18.4 Å². The van der Waals surface area contributed by atoms with Gasteiger partial charge in [0.25, 0.3) is 0 Å². The van der Waals surface area contributed by atoms with E-state index < -0.39 is 0 Å². The quantitative estimate of drug-likeness (QED) is 0.755. The highest BCUT2D eigenvalue weighted by molar-refractivity contribution is 7.99. The maximum Gasteiger partial charge on any atom is 0.147 e. The van der Waals surface area contributed by atoms with Crippen molar-refractivity contribution in [2.24, 2.45) is 0 Å². The summed E-state index contributed by atoms with van der Waals surface area (Å²) in [4.78, 5) is 16.3. The zero-order chi connectivity index (χ0) is 15.2. The van der Waals surface area contributed by atoms with E-state index in [-0.39, 0.29) is 5.78 Å². The first kappa shape index (κ1) is 15.9. The summed E-state index contributed by atoms with van der Waals surface area (Å²) >= 11 is 7.46. The van der Waals surface area contributed by atoms with Crippen molar-refractivity contribution in [3.05, 3.63) is 52.7 Å². The largest absolute Gasteiger partial charge is 0.497 e. The van der Waals surface area contributed by atoms with E-state index in [9.17, 15) is 4.79 Å². The zero-order valence-corrected chi connectivity index (χ0v) is 13.5. The first-order valence-corrected chi connectivity index (χ1v) is 7.84. The number of benzene rings is 1. The van der Waals surface area contributed by atoms with Crippen LogP contribution in [-0.4, -0.2) is 23.6 Å². The molecule has 0 unspecified atom stereocenters. The van der Waals surface area contributed by atoms with Gasteiger partial charge in [0.15, 0.2) is 0 Å². The van der Waals surface area contributed by atoms with Crippen molar-refractivity contribution in [1.29, 1.82) is 0 Å².